The largest absolute Gasteiger partial charge is 0.493 e. The number of hydrogen-bond acceptors (Lipinski definition) is 7. The van der Waals surface area contributed by atoms with Crippen molar-refractivity contribution in [2.45, 2.75) is 30.6 Å². The number of urea groups is 1. The second-order valence-electron chi connectivity index (χ2n) is 9.51. The zero-order chi connectivity index (χ0) is 25.8. The van der Waals surface area contributed by atoms with Crippen LogP contribution in [0.1, 0.15) is 30.0 Å². The maximum Gasteiger partial charge on any atom is 0.337 e. The van der Waals surface area contributed by atoms with E-state index in [1.165, 1.54) is 26.3 Å². The highest BCUT2D eigenvalue weighted by atomic mass is 32.2. The molecule has 1 atom stereocenters. The number of ether oxygens (including phenoxy) is 2. The van der Waals surface area contributed by atoms with Crippen molar-refractivity contribution in [2.75, 3.05) is 45.0 Å². The molecule has 3 aliphatic heterocycles. The highest BCUT2D eigenvalue weighted by Gasteiger charge is 2.59. The molecule has 3 heterocycles. The van der Waals surface area contributed by atoms with Gasteiger partial charge in [0, 0.05) is 42.5 Å². The average molecular weight is 517 g/mol. The van der Waals surface area contributed by atoms with Crippen molar-refractivity contribution in [3.63, 3.8) is 0 Å². The first kappa shape index (κ1) is 24.4. The summed E-state index contributed by atoms with van der Waals surface area (Å²) in [6.45, 7) is 2.78. The van der Waals surface area contributed by atoms with Crippen LogP contribution in [0.5, 0.6) is 11.5 Å². The number of halogens is 1. The molecule has 1 N–H and O–H groups in total. The van der Waals surface area contributed by atoms with Gasteiger partial charge in [-0.2, -0.15) is 5.10 Å². The van der Waals surface area contributed by atoms with Gasteiger partial charge in [0.25, 0.3) is 0 Å². The summed E-state index contributed by atoms with van der Waals surface area (Å²) in [4.78, 5) is 14.7. The second-order valence-corrected chi connectivity index (χ2v) is 12.0. The van der Waals surface area contributed by atoms with Crippen molar-refractivity contribution < 1.29 is 27.1 Å². The summed E-state index contributed by atoms with van der Waals surface area (Å²) < 4.78 is 50.0. The van der Waals surface area contributed by atoms with Gasteiger partial charge in [0.15, 0.2) is 27.2 Å². The van der Waals surface area contributed by atoms with Gasteiger partial charge in [-0.1, -0.05) is 12.1 Å². The molecule has 2 fully saturated rings. The number of fused-ring (bicyclic) bond motifs is 1. The quantitative estimate of drug-likeness (QED) is 0.671. The molecule has 0 radical (unpaired) electrons. The maximum atomic E-state index is 15.6. The monoisotopic (exact) mass is 516 g/mol. The number of sulfone groups is 1. The van der Waals surface area contributed by atoms with Gasteiger partial charge in [0.05, 0.1) is 31.7 Å². The number of rotatable bonds is 4. The Morgan fingerprint density at radius 2 is 1.89 bits per heavy atom. The third-order valence-electron chi connectivity index (χ3n) is 7.46. The van der Waals surface area contributed by atoms with E-state index in [-0.39, 0.29) is 23.7 Å². The zero-order valence-corrected chi connectivity index (χ0v) is 21.5. The van der Waals surface area contributed by atoms with Crippen LogP contribution in [0.25, 0.3) is 0 Å². The molecule has 2 saturated heterocycles. The Labute approximate surface area is 209 Å². The summed E-state index contributed by atoms with van der Waals surface area (Å²) in [5.41, 5.74) is 2.90. The molecule has 1 spiro atoms. The first-order valence-electron chi connectivity index (χ1n) is 11.8. The molecule has 0 aliphatic carbocycles. The second kappa shape index (κ2) is 8.65. The zero-order valence-electron chi connectivity index (χ0n) is 20.7. The van der Waals surface area contributed by atoms with Crippen LogP contribution >= 0.6 is 0 Å². The van der Waals surface area contributed by atoms with Crippen molar-refractivity contribution >= 4 is 27.3 Å². The lowest BCUT2D eigenvalue weighted by atomic mass is 9.92. The maximum absolute atomic E-state index is 15.6. The Balaban J connectivity index is 1.55. The van der Waals surface area contributed by atoms with Gasteiger partial charge < -0.3 is 19.7 Å². The molecular formula is C25H29FN4O5S. The molecule has 192 valence electrons. The standard InChI is InChI=1S/C25H29FN4O5S/c1-15-11-18-19(12-20(34-3)23(35-4)21(18)26)22(28-30(15)24(31)27-2)16-5-7-17(8-6-16)29-13-25(14-29)9-10-36(25,32)33/h5-8,12,15H,9-11,13-14H2,1-4H3,(H,27,31). The Morgan fingerprint density at radius 1 is 1.19 bits per heavy atom. The van der Waals surface area contributed by atoms with Crippen LogP contribution in [-0.4, -0.2) is 76.1 Å². The van der Waals surface area contributed by atoms with Gasteiger partial charge in [-0.05, 0) is 38.0 Å². The smallest absolute Gasteiger partial charge is 0.337 e. The van der Waals surface area contributed by atoms with Crippen LogP contribution < -0.4 is 19.7 Å². The number of hydrogen-bond donors (Lipinski definition) is 1. The van der Waals surface area contributed by atoms with E-state index in [0.29, 0.717) is 41.9 Å². The minimum atomic E-state index is -2.99. The van der Waals surface area contributed by atoms with Gasteiger partial charge >= 0.3 is 6.03 Å². The highest BCUT2D eigenvalue weighted by Crippen LogP contribution is 2.44. The normalized spacial score (nSPS) is 21.5. The molecule has 0 saturated carbocycles. The Morgan fingerprint density at radius 3 is 2.42 bits per heavy atom. The molecule has 36 heavy (non-hydrogen) atoms. The molecule has 11 heteroatoms. The minimum Gasteiger partial charge on any atom is -0.493 e. The van der Waals surface area contributed by atoms with Gasteiger partial charge in [0.2, 0.25) is 0 Å². The number of carbonyl (C=O) groups is 1. The van der Waals surface area contributed by atoms with Gasteiger partial charge in [0.1, 0.15) is 4.75 Å². The number of hydrazone groups is 1. The summed E-state index contributed by atoms with van der Waals surface area (Å²) in [7, 11) is 1.35. The molecule has 0 bridgehead atoms. The SMILES string of the molecule is CNC(=O)N1N=C(c2ccc(N3CC4(CCS4(=O)=O)C3)cc2)c2cc(OC)c(OC)c(F)c2CC1C. The molecule has 5 rings (SSSR count). The highest BCUT2D eigenvalue weighted by molar-refractivity contribution is 7.94. The Hall–Kier alpha value is -3.34. The topological polar surface area (TPSA) is 101 Å². The van der Waals surface area contributed by atoms with E-state index >= 15 is 4.39 Å². The summed E-state index contributed by atoms with van der Waals surface area (Å²) >= 11 is 0. The fraction of sp³-hybridized carbons (Fsp3) is 0.440. The third kappa shape index (κ3) is 3.59. The van der Waals surface area contributed by atoms with Crippen LogP contribution in [0, 0.1) is 5.82 Å². The van der Waals surface area contributed by atoms with E-state index in [1.807, 2.05) is 29.2 Å². The van der Waals surface area contributed by atoms with Crippen LogP contribution in [0.4, 0.5) is 14.9 Å². The summed E-state index contributed by atoms with van der Waals surface area (Å²) in [5.74, 6) is -0.0466. The minimum absolute atomic E-state index is 0.00389. The predicted octanol–water partition coefficient (Wildman–Crippen LogP) is 2.56. The first-order chi connectivity index (χ1) is 17.1. The van der Waals surface area contributed by atoms with Gasteiger partial charge in [-0.3, -0.25) is 0 Å². The average Bonchev–Trinajstić information content (AvgIpc) is 2.99. The number of benzene rings is 2. The lowest BCUT2D eigenvalue weighted by Gasteiger charge is -2.55. The molecule has 2 aromatic rings. The van der Waals surface area contributed by atoms with Crippen molar-refractivity contribution in [3.8, 4) is 11.5 Å². The first-order valence-corrected chi connectivity index (χ1v) is 13.4. The predicted molar refractivity (Wildman–Crippen MR) is 134 cm³/mol. The van der Waals surface area contributed by atoms with Crippen LogP contribution in [0.3, 0.4) is 0 Å². The van der Waals surface area contributed by atoms with Crippen molar-refractivity contribution in [1.29, 1.82) is 0 Å². The summed E-state index contributed by atoms with van der Waals surface area (Å²) in [6, 6.07) is 8.35. The number of methoxy groups -OCH3 is 2. The van der Waals surface area contributed by atoms with E-state index in [9.17, 15) is 13.2 Å². The Kier molecular flexibility index (Phi) is 5.85. The third-order valence-corrected chi connectivity index (χ3v) is 9.99. The van der Waals surface area contributed by atoms with E-state index in [4.69, 9.17) is 9.47 Å². The van der Waals surface area contributed by atoms with Crippen molar-refractivity contribution in [1.82, 2.24) is 10.3 Å². The fourth-order valence-corrected chi connectivity index (χ4v) is 7.01. The molecule has 0 aromatic heterocycles. The molecule has 1 unspecified atom stereocenters. The van der Waals surface area contributed by atoms with Crippen LogP contribution in [0.15, 0.2) is 35.4 Å². The van der Waals surface area contributed by atoms with E-state index in [0.717, 1.165) is 5.69 Å². The molecule has 2 aromatic carbocycles. The van der Waals surface area contributed by atoms with Crippen LogP contribution in [-0.2, 0) is 16.3 Å². The van der Waals surface area contributed by atoms with E-state index < -0.39 is 32.5 Å². The number of nitrogens with zero attached hydrogens (tertiary/aromatic N) is 3. The number of amides is 2. The molecule has 2 amide bonds. The van der Waals surface area contributed by atoms with Gasteiger partial charge in [-0.25, -0.2) is 22.6 Å². The lowest BCUT2D eigenvalue weighted by molar-refractivity contribution is 0.184. The van der Waals surface area contributed by atoms with E-state index in [2.05, 4.69) is 10.4 Å². The van der Waals surface area contributed by atoms with Gasteiger partial charge in [-0.15, -0.1) is 0 Å². The van der Waals surface area contributed by atoms with Crippen molar-refractivity contribution in [3.05, 3.63) is 52.8 Å². The summed E-state index contributed by atoms with van der Waals surface area (Å²) in [6.07, 6.45) is 0.937. The fourth-order valence-electron chi connectivity index (χ4n) is 5.19. The number of nitrogens with one attached hydrogen (secondary N) is 1. The van der Waals surface area contributed by atoms with E-state index in [1.54, 1.807) is 13.0 Å². The van der Waals surface area contributed by atoms with Crippen molar-refractivity contribution in [2.24, 2.45) is 5.10 Å². The number of carbonyl (C=O) groups excluding carboxylic acids is 1. The molecule has 3 aliphatic rings. The number of anilines is 1. The summed E-state index contributed by atoms with van der Waals surface area (Å²) in [5, 5.41) is 8.58. The Bertz CT molecular complexity index is 1350. The lowest BCUT2D eigenvalue weighted by Crippen LogP contribution is -2.72. The van der Waals surface area contributed by atoms with Crippen LogP contribution in [0.2, 0.25) is 0 Å². The molecular weight excluding hydrogens is 487 g/mol. The molecule has 9 nitrogen and oxygen atoms in total.